The fourth-order valence-corrected chi connectivity index (χ4v) is 4.93. The summed E-state index contributed by atoms with van der Waals surface area (Å²) in [5.74, 6) is -1.53. The van der Waals surface area contributed by atoms with Gasteiger partial charge in [0.25, 0.3) is 10.0 Å². The highest BCUT2D eigenvalue weighted by Crippen LogP contribution is 2.35. The lowest BCUT2D eigenvalue weighted by Crippen LogP contribution is -2.38. The predicted molar refractivity (Wildman–Crippen MR) is 128 cm³/mol. The lowest BCUT2D eigenvalue weighted by molar-refractivity contribution is -0.137. The standard InChI is InChI=1S/C23H19BrF4N2O5S/c1-34-20-9-7-17(12-21(20)35-2)36(32,33)30(16-5-3-4-14(10-16)23(26,27)28)13-22(31)29-19-8-6-15(24)11-18(19)25/h3-12H,13H2,1-2H3,(H,29,31). The Balaban J connectivity index is 2.07. The molecule has 3 rings (SSSR count). The van der Waals surface area contributed by atoms with Gasteiger partial charge in [0, 0.05) is 10.5 Å². The Morgan fingerprint density at radius 3 is 2.31 bits per heavy atom. The average molecular weight is 591 g/mol. The van der Waals surface area contributed by atoms with Crippen LogP contribution in [0.25, 0.3) is 0 Å². The molecule has 0 aliphatic carbocycles. The molecule has 0 aliphatic heterocycles. The molecule has 7 nitrogen and oxygen atoms in total. The number of anilines is 2. The Hall–Kier alpha value is -3.32. The Bertz CT molecular complexity index is 1380. The van der Waals surface area contributed by atoms with Crippen LogP contribution in [-0.4, -0.2) is 35.1 Å². The van der Waals surface area contributed by atoms with Crippen LogP contribution in [0.15, 0.2) is 70.0 Å². The molecule has 13 heteroatoms. The van der Waals surface area contributed by atoms with Crippen molar-refractivity contribution in [3.8, 4) is 11.5 Å². The minimum atomic E-state index is -4.77. The van der Waals surface area contributed by atoms with E-state index in [1.54, 1.807) is 0 Å². The van der Waals surface area contributed by atoms with Crippen molar-refractivity contribution in [3.63, 3.8) is 0 Å². The van der Waals surface area contributed by atoms with E-state index >= 15 is 0 Å². The molecule has 0 bridgehead atoms. The molecule has 3 aromatic rings. The first-order valence-electron chi connectivity index (χ1n) is 10.0. The SMILES string of the molecule is COc1ccc(S(=O)(=O)N(CC(=O)Nc2ccc(Br)cc2F)c2cccc(C(F)(F)F)c2)cc1OC. The minimum Gasteiger partial charge on any atom is -0.493 e. The monoisotopic (exact) mass is 590 g/mol. The second kappa shape index (κ2) is 10.7. The van der Waals surface area contributed by atoms with Crippen LogP contribution in [-0.2, 0) is 21.0 Å². The molecule has 36 heavy (non-hydrogen) atoms. The number of rotatable bonds is 8. The van der Waals surface area contributed by atoms with Crippen molar-refractivity contribution in [1.29, 1.82) is 0 Å². The van der Waals surface area contributed by atoms with Gasteiger partial charge in [0.15, 0.2) is 11.5 Å². The van der Waals surface area contributed by atoms with Crippen molar-refractivity contribution in [1.82, 2.24) is 0 Å². The maximum Gasteiger partial charge on any atom is 0.416 e. The summed E-state index contributed by atoms with van der Waals surface area (Å²) < 4.78 is 92.4. The molecule has 0 aliphatic rings. The molecule has 0 radical (unpaired) electrons. The summed E-state index contributed by atoms with van der Waals surface area (Å²) in [6.45, 7) is -0.951. The van der Waals surface area contributed by atoms with E-state index in [0.717, 1.165) is 36.4 Å². The highest BCUT2D eigenvalue weighted by molar-refractivity contribution is 9.10. The van der Waals surface area contributed by atoms with Gasteiger partial charge in [-0.05, 0) is 48.5 Å². The number of hydrogen-bond donors (Lipinski definition) is 1. The number of nitrogens with one attached hydrogen (secondary N) is 1. The Morgan fingerprint density at radius 1 is 1.00 bits per heavy atom. The van der Waals surface area contributed by atoms with Crippen molar-refractivity contribution in [2.24, 2.45) is 0 Å². The molecule has 0 spiro atoms. The second-order valence-electron chi connectivity index (χ2n) is 7.25. The van der Waals surface area contributed by atoms with Crippen LogP contribution in [0, 0.1) is 5.82 Å². The van der Waals surface area contributed by atoms with Crippen LogP contribution in [0.5, 0.6) is 11.5 Å². The summed E-state index contributed by atoms with van der Waals surface area (Å²) >= 11 is 3.08. The van der Waals surface area contributed by atoms with Crippen LogP contribution < -0.4 is 19.1 Å². The average Bonchev–Trinajstić information content (AvgIpc) is 2.83. The van der Waals surface area contributed by atoms with Gasteiger partial charge in [0.1, 0.15) is 12.4 Å². The third kappa shape index (κ3) is 6.08. The van der Waals surface area contributed by atoms with E-state index in [0.29, 0.717) is 14.8 Å². The van der Waals surface area contributed by atoms with Crippen LogP contribution in [0.3, 0.4) is 0 Å². The zero-order chi connectivity index (χ0) is 26.7. The van der Waals surface area contributed by atoms with Crippen molar-refractivity contribution in [2.45, 2.75) is 11.1 Å². The fraction of sp³-hybridized carbons (Fsp3) is 0.174. The number of alkyl halides is 3. The maximum absolute atomic E-state index is 14.2. The van der Waals surface area contributed by atoms with Crippen LogP contribution in [0.4, 0.5) is 28.9 Å². The number of sulfonamides is 1. The first-order valence-corrected chi connectivity index (χ1v) is 12.3. The molecular weight excluding hydrogens is 572 g/mol. The van der Waals surface area contributed by atoms with E-state index in [9.17, 15) is 30.8 Å². The van der Waals surface area contributed by atoms with E-state index in [1.807, 2.05) is 0 Å². The Morgan fingerprint density at radius 2 is 1.69 bits per heavy atom. The molecule has 0 fully saturated rings. The lowest BCUT2D eigenvalue weighted by atomic mass is 10.2. The second-order valence-corrected chi connectivity index (χ2v) is 10.0. The van der Waals surface area contributed by atoms with Crippen LogP contribution >= 0.6 is 15.9 Å². The number of amides is 1. The van der Waals surface area contributed by atoms with Gasteiger partial charge in [-0.1, -0.05) is 22.0 Å². The number of carbonyl (C=O) groups excluding carboxylic acids is 1. The van der Waals surface area contributed by atoms with Gasteiger partial charge in [-0.3, -0.25) is 9.10 Å². The number of benzene rings is 3. The number of methoxy groups -OCH3 is 2. The van der Waals surface area contributed by atoms with Gasteiger partial charge in [-0.25, -0.2) is 12.8 Å². The van der Waals surface area contributed by atoms with E-state index in [2.05, 4.69) is 21.2 Å². The van der Waals surface area contributed by atoms with E-state index in [1.165, 1.54) is 32.4 Å². The Kier molecular flexibility index (Phi) is 8.14. The third-order valence-corrected chi connectivity index (χ3v) is 7.16. The number of carbonyl (C=O) groups is 1. The largest absolute Gasteiger partial charge is 0.493 e. The maximum atomic E-state index is 14.2. The van der Waals surface area contributed by atoms with Crippen LogP contribution in [0.2, 0.25) is 0 Å². The van der Waals surface area contributed by atoms with Gasteiger partial charge < -0.3 is 14.8 Å². The van der Waals surface area contributed by atoms with E-state index < -0.39 is 45.7 Å². The summed E-state index contributed by atoms with van der Waals surface area (Å²) in [6.07, 6.45) is -4.77. The first kappa shape index (κ1) is 27.3. The summed E-state index contributed by atoms with van der Waals surface area (Å²) in [4.78, 5) is 12.4. The van der Waals surface area contributed by atoms with Crippen molar-refractivity contribution in [3.05, 3.63) is 76.5 Å². The molecular formula is C23H19BrF4N2O5S. The predicted octanol–water partition coefficient (Wildman–Crippen LogP) is 5.46. The van der Waals surface area contributed by atoms with Gasteiger partial charge in [0.2, 0.25) is 5.91 Å². The molecule has 0 heterocycles. The smallest absolute Gasteiger partial charge is 0.416 e. The lowest BCUT2D eigenvalue weighted by Gasteiger charge is -2.25. The van der Waals surface area contributed by atoms with Crippen LogP contribution in [0.1, 0.15) is 5.56 Å². The van der Waals surface area contributed by atoms with Gasteiger partial charge in [-0.15, -0.1) is 0 Å². The molecule has 1 amide bonds. The molecule has 1 N–H and O–H groups in total. The summed E-state index contributed by atoms with van der Waals surface area (Å²) in [6, 6.07) is 10.8. The molecule has 0 unspecified atom stereocenters. The normalized spacial score (nSPS) is 11.6. The van der Waals surface area contributed by atoms with Gasteiger partial charge in [0.05, 0.1) is 36.1 Å². The molecule has 3 aromatic carbocycles. The molecule has 0 saturated heterocycles. The van der Waals surface area contributed by atoms with E-state index in [4.69, 9.17) is 9.47 Å². The molecule has 0 aromatic heterocycles. The number of ether oxygens (including phenoxy) is 2. The van der Waals surface area contributed by atoms with Crippen molar-refractivity contribution in [2.75, 3.05) is 30.4 Å². The van der Waals surface area contributed by atoms with Gasteiger partial charge in [-0.2, -0.15) is 13.2 Å². The highest BCUT2D eigenvalue weighted by atomic mass is 79.9. The van der Waals surface area contributed by atoms with E-state index in [-0.39, 0.29) is 22.1 Å². The fourth-order valence-electron chi connectivity index (χ4n) is 3.17. The summed E-state index contributed by atoms with van der Waals surface area (Å²) in [5.41, 5.74) is -1.78. The molecule has 192 valence electrons. The third-order valence-electron chi connectivity index (χ3n) is 4.90. The minimum absolute atomic E-state index is 0.0453. The summed E-state index contributed by atoms with van der Waals surface area (Å²) in [7, 11) is -1.99. The topological polar surface area (TPSA) is 84.9 Å². The van der Waals surface area contributed by atoms with Gasteiger partial charge >= 0.3 is 6.18 Å². The Labute approximate surface area is 212 Å². The molecule has 0 atom stereocenters. The summed E-state index contributed by atoms with van der Waals surface area (Å²) in [5, 5.41) is 2.24. The number of hydrogen-bond acceptors (Lipinski definition) is 5. The number of nitrogens with zero attached hydrogens (tertiary/aromatic N) is 1. The first-order chi connectivity index (χ1) is 16.9. The highest BCUT2D eigenvalue weighted by Gasteiger charge is 2.33. The zero-order valence-electron chi connectivity index (χ0n) is 18.8. The molecule has 0 saturated carbocycles. The quantitative estimate of drug-likeness (QED) is 0.352. The zero-order valence-corrected chi connectivity index (χ0v) is 21.2. The van der Waals surface area contributed by atoms with Crippen molar-refractivity contribution < 1.29 is 40.2 Å². The van der Waals surface area contributed by atoms with Crippen molar-refractivity contribution >= 4 is 43.2 Å². The number of halogens is 5.